The summed E-state index contributed by atoms with van der Waals surface area (Å²) in [5, 5.41) is 9.60. The lowest BCUT2D eigenvalue weighted by molar-refractivity contribution is -0.150. The molecule has 2 fully saturated rings. The van der Waals surface area contributed by atoms with E-state index in [-0.39, 0.29) is 30.7 Å². The second kappa shape index (κ2) is 7.89. The van der Waals surface area contributed by atoms with Crippen LogP contribution in [0.4, 0.5) is 0 Å². The van der Waals surface area contributed by atoms with Crippen molar-refractivity contribution in [3.8, 4) is 0 Å². The molecule has 2 unspecified atom stereocenters. The van der Waals surface area contributed by atoms with E-state index in [1.807, 2.05) is 35.2 Å². The van der Waals surface area contributed by atoms with Crippen molar-refractivity contribution in [2.24, 2.45) is 5.92 Å². The molecule has 1 heterocycles. The van der Waals surface area contributed by atoms with Gasteiger partial charge < -0.3 is 14.9 Å². The van der Waals surface area contributed by atoms with Crippen LogP contribution in [0, 0.1) is 5.92 Å². The Morgan fingerprint density at radius 3 is 2.50 bits per heavy atom. The SMILES string of the molecule is CN(C(=O)C1CC(=O)N(C2CCCC2)C1)C(Cc1ccccc1)C(=O)O. The van der Waals surface area contributed by atoms with E-state index in [2.05, 4.69) is 0 Å². The van der Waals surface area contributed by atoms with Gasteiger partial charge in [0.2, 0.25) is 11.8 Å². The van der Waals surface area contributed by atoms with E-state index in [1.165, 1.54) is 11.9 Å². The van der Waals surface area contributed by atoms with Crippen LogP contribution in [0.1, 0.15) is 37.7 Å². The van der Waals surface area contributed by atoms with Crippen molar-refractivity contribution >= 4 is 17.8 Å². The molecule has 1 saturated heterocycles. The fraction of sp³-hybridized carbons (Fsp3) is 0.550. The molecular formula is C20H26N2O4. The van der Waals surface area contributed by atoms with Gasteiger partial charge in [0, 0.05) is 32.5 Å². The maximum absolute atomic E-state index is 12.9. The minimum Gasteiger partial charge on any atom is -0.480 e. The summed E-state index contributed by atoms with van der Waals surface area (Å²) < 4.78 is 0. The predicted octanol–water partition coefficient (Wildman–Crippen LogP) is 1.93. The van der Waals surface area contributed by atoms with Crippen LogP contribution in [-0.4, -0.2) is 58.4 Å². The molecule has 140 valence electrons. The molecule has 0 radical (unpaired) electrons. The highest BCUT2D eigenvalue weighted by Gasteiger charge is 2.41. The first kappa shape index (κ1) is 18.4. The van der Waals surface area contributed by atoms with E-state index in [4.69, 9.17) is 0 Å². The van der Waals surface area contributed by atoms with Crippen molar-refractivity contribution in [3.05, 3.63) is 35.9 Å². The van der Waals surface area contributed by atoms with Crippen LogP contribution in [0.25, 0.3) is 0 Å². The quantitative estimate of drug-likeness (QED) is 0.843. The van der Waals surface area contributed by atoms with Crippen LogP contribution in [0.2, 0.25) is 0 Å². The van der Waals surface area contributed by atoms with Gasteiger partial charge in [0.15, 0.2) is 0 Å². The number of carboxylic acids is 1. The molecule has 26 heavy (non-hydrogen) atoms. The van der Waals surface area contributed by atoms with Gasteiger partial charge in [-0.2, -0.15) is 0 Å². The zero-order valence-corrected chi connectivity index (χ0v) is 15.1. The van der Waals surface area contributed by atoms with Gasteiger partial charge in [-0.15, -0.1) is 0 Å². The number of likely N-dealkylation sites (tertiary alicyclic amines) is 1. The summed E-state index contributed by atoms with van der Waals surface area (Å²) in [5.74, 6) is -1.69. The van der Waals surface area contributed by atoms with E-state index >= 15 is 0 Å². The highest BCUT2D eigenvalue weighted by molar-refractivity contribution is 5.91. The maximum atomic E-state index is 12.9. The molecule has 1 aromatic carbocycles. The number of carboxylic acid groups (broad SMARTS) is 1. The lowest BCUT2D eigenvalue weighted by Crippen LogP contribution is -2.47. The third kappa shape index (κ3) is 3.89. The second-order valence-electron chi connectivity index (χ2n) is 7.38. The van der Waals surface area contributed by atoms with Gasteiger partial charge in [0.25, 0.3) is 0 Å². The molecule has 2 atom stereocenters. The Kier molecular flexibility index (Phi) is 5.59. The number of likely N-dealkylation sites (N-methyl/N-ethyl adjacent to an activating group) is 1. The molecule has 6 nitrogen and oxygen atoms in total. The third-order valence-corrected chi connectivity index (χ3v) is 5.65. The molecule has 0 aromatic heterocycles. The Bertz CT molecular complexity index is 670. The zero-order valence-electron chi connectivity index (χ0n) is 15.1. The summed E-state index contributed by atoms with van der Waals surface area (Å²) in [6.45, 7) is 0.421. The van der Waals surface area contributed by atoms with Crippen LogP contribution < -0.4 is 0 Å². The number of hydrogen-bond acceptors (Lipinski definition) is 3. The minimum absolute atomic E-state index is 0.0265. The third-order valence-electron chi connectivity index (χ3n) is 5.65. The highest BCUT2D eigenvalue weighted by Crippen LogP contribution is 2.30. The summed E-state index contributed by atoms with van der Waals surface area (Å²) in [6.07, 6.45) is 4.72. The summed E-state index contributed by atoms with van der Waals surface area (Å²) in [5.41, 5.74) is 0.870. The van der Waals surface area contributed by atoms with E-state index in [1.54, 1.807) is 0 Å². The van der Waals surface area contributed by atoms with Gasteiger partial charge in [-0.1, -0.05) is 43.2 Å². The number of rotatable bonds is 6. The van der Waals surface area contributed by atoms with Gasteiger partial charge in [-0.05, 0) is 18.4 Å². The molecule has 2 amide bonds. The molecule has 0 spiro atoms. The maximum Gasteiger partial charge on any atom is 0.326 e. The van der Waals surface area contributed by atoms with Crippen molar-refractivity contribution in [2.45, 2.75) is 50.6 Å². The number of carbonyl (C=O) groups is 3. The molecular weight excluding hydrogens is 332 g/mol. The first-order valence-electron chi connectivity index (χ1n) is 9.30. The number of hydrogen-bond donors (Lipinski definition) is 1. The standard InChI is InChI=1S/C20H26N2O4/c1-21(17(20(25)26)11-14-7-3-2-4-8-14)19(24)15-12-18(23)22(13-15)16-9-5-6-10-16/h2-4,7-8,15-17H,5-6,9-13H2,1H3,(H,25,26). The first-order valence-corrected chi connectivity index (χ1v) is 9.30. The Hall–Kier alpha value is -2.37. The van der Waals surface area contributed by atoms with Gasteiger partial charge >= 0.3 is 5.97 Å². The van der Waals surface area contributed by atoms with E-state index < -0.39 is 17.9 Å². The summed E-state index contributed by atoms with van der Waals surface area (Å²) in [4.78, 5) is 40.1. The summed E-state index contributed by atoms with van der Waals surface area (Å²) in [6, 6.07) is 8.61. The summed E-state index contributed by atoms with van der Waals surface area (Å²) >= 11 is 0. The number of benzene rings is 1. The van der Waals surface area contributed by atoms with Crippen molar-refractivity contribution in [1.29, 1.82) is 0 Å². The molecule has 1 aromatic rings. The van der Waals surface area contributed by atoms with Gasteiger partial charge in [0.05, 0.1) is 5.92 Å². The van der Waals surface area contributed by atoms with Crippen molar-refractivity contribution in [3.63, 3.8) is 0 Å². The Morgan fingerprint density at radius 2 is 1.88 bits per heavy atom. The zero-order chi connectivity index (χ0) is 18.7. The fourth-order valence-corrected chi connectivity index (χ4v) is 4.13. The fourth-order valence-electron chi connectivity index (χ4n) is 4.13. The van der Waals surface area contributed by atoms with Gasteiger partial charge in [0.1, 0.15) is 6.04 Å². The van der Waals surface area contributed by atoms with Gasteiger partial charge in [-0.3, -0.25) is 9.59 Å². The monoisotopic (exact) mass is 358 g/mol. The minimum atomic E-state index is -1.03. The number of carbonyl (C=O) groups excluding carboxylic acids is 2. The van der Waals surface area contributed by atoms with Crippen molar-refractivity contribution in [1.82, 2.24) is 9.80 Å². The van der Waals surface area contributed by atoms with Gasteiger partial charge in [-0.25, -0.2) is 4.79 Å². The highest BCUT2D eigenvalue weighted by atomic mass is 16.4. The molecule has 1 aliphatic carbocycles. The van der Waals surface area contributed by atoms with E-state index in [9.17, 15) is 19.5 Å². The second-order valence-corrected chi connectivity index (χ2v) is 7.38. The molecule has 6 heteroatoms. The number of aliphatic carboxylic acids is 1. The number of amides is 2. The Balaban J connectivity index is 1.67. The van der Waals surface area contributed by atoms with E-state index in [0.29, 0.717) is 6.54 Å². The molecule has 1 saturated carbocycles. The molecule has 1 N–H and O–H groups in total. The molecule has 2 aliphatic rings. The first-order chi connectivity index (χ1) is 12.5. The molecule has 1 aliphatic heterocycles. The summed E-state index contributed by atoms with van der Waals surface area (Å²) in [7, 11) is 1.53. The average molecular weight is 358 g/mol. The predicted molar refractivity (Wildman–Crippen MR) is 96.4 cm³/mol. The van der Waals surface area contributed by atoms with Crippen LogP contribution in [0.15, 0.2) is 30.3 Å². The number of nitrogens with zero attached hydrogens (tertiary/aromatic N) is 2. The normalized spacial score (nSPS) is 21.8. The van der Waals surface area contributed by atoms with Crippen LogP contribution >= 0.6 is 0 Å². The Morgan fingerprint density at radius 1 is 1.23 bits per heavy atom. The van der Waals surface area contributed by atoms with E-state index in [0.717, 1.165) is 31.2 Å². The molecule has 3 rings (SSSR count). The average Bonchev–Trinajstić information content (AvgIpc) is 3.28. The van der Waals surface area contributed by atoms with Crippen LogP contribution in [-0.2, 0) is 20.8 Å². The lowest BCUT2D eigenvalue weighted by Gasteiger charge is -2.28. The van der Waals surface area contributed by atoms with Crippen molar-refractivity contribution < 1.29 is 19.5 Å². The topological polar surface area (TPSA) is 77.9 Å². The van der Waals surface area contributed by atoms with Crippen molar-refractivity contribution in [2.75, 3.05) is 13.6 Å². The lowest BCUT2D eigenvalue weighted by atomic mass is 10.0. The largest absolute Gasteiger partial charge is 0.480 e. The van der Waals surface area contributed by atoms with Crippen LogP contribution in [0.5, 0.6) is 0 Å². The Labute approximate surface area is 153 Å². The van der Waals surface area contributed by atoms with Crippen LogP contribution in [0.3, 0.4) is 0 Å². The smallest absolute Gasteiger partial charge is 0.326 e. The molecule has 0 bridgehead atoms.